The maximum absolute atomic E-state index is 13.1. The largest absolute Gasteiger partial charge is 0.296 e. The van der Waals surface area contributed by atoms with Gasteiger partial charge in [-0.2, -0.15) is 0 Å². The van der Waals surface area contributed by atoms with Gasteiger partial charge in [-0.05, 0) is 43.9 Å². The number of likely N-dealkylation sites (tertiary alicyclic amines) is 1. The van der Waals surface area contributed by atoms with E-state index in [9.17, 15) is 12.8 Å². The molecule has 0 unspecified atom stereocenters. The van der Waals surface area contributed by atoms with Crippen molar-refractivity contribution >= 4 is 10.0 Å². The fourth-order valence-corrected chi connectivity index (χ4v) is 4.45. The van der Waals surface area contributed by atoms with Crippen molar-refractivity contribution in [2.45, 2.75) is 45.2 Å². The molecule has 4 nitrogen and oxygen atoms in total. The first kappa shape index (κ1) is 18.4. The Bertz CT molecular complexity index is 596. The first-order valence-electron chi connectivity index (χ1n) is 8.34. The highest BCUT2D eigenvalue weighted by Crippen LogP contribution is 2.29. The Morgan fingerprint density at radius 3 is 2.26 bits per heavy atom. The molecule has 1 fully saturated rings. The van der Waals surface area contributed by atoms with E-state index in [1.54, 1.807) is 18.3 Å². The van der Waals surface area contributed by atoms with Crippen molar-refractivity contribution in [3.63, 3.8) is 0 Å². The number of halogens is 1. The Hall–Kier alpha value is -0.980. The van der Waals surface area contributed by atoms with Crippen molar-refractivity contribution < 1.29 is 12.8 Å². The van der Waals surface area contributed by atoms with E-state index >= 15 is 0 Å². The monoisotopic (exact) mass is 342 g/mol. The quantitative estimate of drug-likeness (QED) is 0.798. The van der Waals surface area contributed by atoms with Gasteiger partial charge in [0.25, 0.3) is 0 Å². The number of hydrogen-bond acceptors (Lipinski definition) is 3. The minimum Gasteiger partial charge on any atom is -0.296 e. The van der Waals surface area contributed by atoms with E-state index < -0.39 is 10.0 Å². The second-order valence-electron chi connectivity index (χ2n) is 6.16. The summed E-state index contributed by atoms with van der Waals surface area (Å²) >= 11 is 0. The summed E-state index contributed by atoms with van der Waals surface area (Å²) in [5.74, 6) is -0.0645. The molecule has 6 heteroatoms. The Morgan fingerprint density at radius 2 is 1.78 bits per heavy atom. The minimum atomic E-state index is -3.12. The Balaban J connectivity index is 2.01. The van der Waals surface area contributed by atoms with Crippen molar-refractivity contribution in [1.82, 2.24) is 9.21 Å². The van der Waals surface area contributed by atoms with Crippen LogP contribution in [0.15, 0.2) is 24.3 Å². The molecule has 0 aliphatic carbocycles. The smallest absolute Gasteiger partial charge is 0.213 e. The average Bonchev–Trinajstić information content (AvgIpc) is 2.57. The minimum absolute atomic E-state index is 0.0851. The van der Waals surface area contributed by atoms with Gasteiger partial charge in [0.1, 0.15) is 5.82 Å². The van der Waals surface area contributed by atoms with Gasteiger partial charge < -0.3 is 0 Å². The van der Waals surface area contributed by atoms with Crippen molar-refractivity contribution in [3.8, 4) is 0 Å². The van der Waals surface area contributed by atoms with Crippen LogP contribution in [0.1, 0.15) is 44.7 Å². The summed E-state index contributed by atoms with van der Waals surface area (Å²) in [6, 6.07) is 7.07. The summed E-state index contributed by atoms with van der Waals surface area (Å²) in [5, 5.41) is 0. The molecule has 0 amide bonds. The van der Waals surface area contributed by atoms with E-state index in [4.69, 9.17) is 0 Å². The lowest BCUT2D eigenvalue weighted by molar-refractivity contribution is 0.122. The van der Waals surface area contributed by atoms with Crippen LogP contribution in [-0.2, 0) is 10.0 Å². The van der Waals surface area contributed by atoms with Gasteiger partial charge in [-0.15, -0.1) is 0 Å². The standard InChI is InChI=1S/C17H27FN2O2S/c1-4-17(14-6-8-15(18)9-7-14)20-12-10-16(11-13-20)19(3)23(21,22)5-2/h6-9,16-17H,4-5,10-13H2,1-3H3/t17-/m0/s1. The highest BCUT2D eigenvalue weighted by Gasteiger charge is 2.31. The maximum Gasteiger partial charge on any atom is 0.213 e. The first-order valence-corrected chi connectivity index (χ1v) is 9.95. The number of hydrogen-bond donors (Lipinski definition) is 0. The van der Waals surface area contributed by atoms with Gasteiger partial charge in [0, 0.05) is 32.2 Å². The zero-order valence-electron chi connectivity index (χ0n) is 14.2. The molecule has 23 heavy (non-hydrogen) atoms. The molecule has 0 spiro atoms. The molecule has 1 aromatic carbocycles. The molecule has 0 radical (unpaired) electrons. The van der Waals surface area contributed by atoms with Crippen LogP contribution in [0, 0.1) is 5.82 Å². The number of benzene rings is 1. The summed E-state index contributed by atoms with van der Waals surface area (Å²) in [6.45, 7) is 5.55. The summed E-state index contributed by atoms with van der Waals surface area (Å²) in [5.41, 5.74) is 1.13. The second-order valence-corrected chi connectivity index (χ2v) is 8.48. The molecule has 1 atom stereocenters. The molecule has 0 saturated carbocycles. The Labute approximate surface area is 139 Å². The van der Waals surface area contributed by atoms with E-state index in [-0.39, 0.29) is 23.7 Å². The zero-order chi connectivity index (χ0) is 17.0. The van der Waals surface area contributed by atoms with Crippen LogP contribution in [0.4, 0.5) is 4.39 Å². The van der Waals surface area contributed by atoms with E-state index in [2.05, 4.69) is 11.8 Å². The first-order chi connectivity index (χ1) is 10.9. The SMILES string of the molecule is CC[C@@H](c1ccc(F)cc1)N1CCC(N(C)S(=O)(=O)CC)CC1. The van der Waals surface area contributed by atoms with Gasteiger partial charge in [0.15, 0.2) is 0 Å². The van der Waals surface area contributed by atoms with Gasteiger partial charge in [-0.25, -0.2) is 17.1 Å². The second kappa shape index (κ2) is 7.73. The highest BCUT2D eigenvalue weighted by atomic mass is 32.2. The topological polar surface area (TPSA) is 40.6 Å². The maximum atomic E-state index is 13.1. The summed E-state index contributed by atoms with van der Waals surface area (Å²) < 4.78 is 38.7. The van der Waals surface area contributed by atoms with Crippen molar-refractivity contribution in [3.05, 3.63) is 35.6 Å². The lowest BCUT2D eigenvalue weighted by Gasteiger charge is -2.40. The lowest BCUT2D eigenvalue weighted by atomic mass is 9.97. The molecule has 1 aromatic rings. The van der Waals surface area contributed by atoms with Crippen molar-refractivity contribution in [2.24, 2.45) is 0 Å². The van der Waals surface area contributed by atoms with Gasteiger partial charge in [-0.1, -0.05) is 19.1 Å². The molecule has 130 valence electrons. The molecule has 0 bridgehead atoms. The number of nitrogens with zero attached hydrogens (tertiary/aromatic N) is 2. The zero-order valence-corrected chi connectivity index (χ0v) is 15.0. The van der Waals surface area contributed by atoms with E-state index in [1.165, 1.54) is 12.1 Å². The van der Waals surface area contributed by atoms with Crippen LogP contribution in [0.2, 0.25) is 0 Å². The van der Waals surface area contributed by atoms with Crippen LogP contribution in [0.3, 0.4) is 0 Å². The fourth-order valence-electron chi connectivity index (χ4n) is 3.38. The molecule has 0 N–H and O–H groups in total. The lowest BCUT2D eigenvalue weighted by Crippen LogP contribution is -2.46. The summed E-state index contributed by atoms with van der Waals surface area (Å²) in [7, 11) is -1.43. The number of sulfonamides is 1. The number of piperidine rings is 1. The third kappa shape index (κ3) is 4.31. The van der Waals surface area contributed by atoms with Gasteiger partial charge >= 0.3 is 0 Å². The molecular formula is C17H27FN2O2S. The third-order valence-electron chi connectivity index (χ3n) is 4.90. The molecule has 2 rings (SSSR count). The summed E-state index contributed by atoms with van der Waals surface area (Å²) in [4.78, 5) is 2.39. The van der Waals surface area contributed by atoms with Crippen LogP contribution < -0.4 is 0 Å². The Morgan fingerprint density at radius 1 is 1.22 bits per heavy atom. The predicted octanol–water partition coefficient (Wildman–Crippen LogP) is 3.02. The molecule has 1 saturated heterocycles. The molecule has 1 aliphatic heterocycles. The van der Waals surface area contributed by atoms with Crippen LogP contribution in [0.25, 0.3) is 0 Å². The third-order valence-corrected chi connectivity index (χ3v) is 6.80. The van der Waals surface area contributed by atoms with E-state index in [0.29, 0.717) is 0 Å². The van der Waals surface area contributed by atoms with Crippen LogP contribution >= 0.6 is 0 Å². The average molecular weight is 342 g/mol. The van der Waals surface area contributed by atoms with Crippen LogP contribution in [-0.4, -0.2) is 49.6 Å². The predicted molar refractivity (Wildman–Crippen MR) is 91.3 cm³/mol. The molecular weight excluding hydrogens is 315 g/mol. The molecule has 1 heterocycles. The van der Waals surface area contributed by atoms with Gasteiger partial charge in [0.2, 0.25) is 10.0 Å². The van der Waals surface area contributed by atoms with Crippen LogP contribution in [0.5, 0.6) is 0 Å². The number of rotatable bonds is 6. The van der Waals surface area contributed by atoms with Crippen molar-refractivity contribution in [2.75, 3.05) is 25.9 Å². The van der Waals surface area contributed by atoms with Gasteiger partial charge in [-0.3, -0.25) is 4.90 Å². The fraction of sp³-hybridized carbons (Fsp3) is 0.647. The molecule has 1 aliphatic rings. The summed E-state index contributed by atoms with van der Waals surface area (Å²) in [6.07, 6.45) is 2.64. The highest BCUT2D eigenvalue weighted by molar-refractivity contribution is 7.89. The van der Waals surface area contributed by atoms with E-state index in [0.717, 1.165) is 37.9 Å². The normalized spacial score (nSPS) is 19.2. The molecule has 0 aromatic heterocycles. The van der Waals surface area contributed by atoms with E-state index in [1.807, 2.05) is 12.1 Å². The van der Waals surface area contributed by atoms with Gasteiger partial charge in [0.05, 0.1) is 5.75 Å². The van der Waals surface area contributed by atoms with Crippen molar-refractivity contribution in [1.29, 1.82) is 0 Å². The Kier molecular flexibility index (Phi) is 6.17.